The highest BCUT2D eigenvalue weighted by atomic mass is 32.1. The molecular weight excluding hydrogens is 268 g/mol. The van der Waals surface area contributed by atoms with E-state index in [1.807, 2.05) is 6.07 Å². The Bertz CT molecular complexity index is 829. The maximum atomic E-state index is 5.36. The van der Waals surface area contributed by atoms with Crippen molar-refractivity contribution in [1.82, 2.24) is 9.38 Å². The summed E-state index contributed by atoms with van der Waals surface area (Å²) in [5.74, 6) is 0.904. The minimum absolute atomic E-state index is 0.904. The summed E-state index contributed by atoms with van der Waals surface area (Å²) < 4.78 is 7.69. The van der Waals surface area contributed by atoms with Gasteiger partial charge in [-0.15, -0.1) is 11.3 Å². The molecule has 1 aromatic carbocycles. The minimum atomic E-state index is 0.904. The van der Waals surface area contributed by atoms with Gasteiger partial charge in [0.1, 0.15) is 5.75 Å². The largest absolute Gasteiger partial charge is 0.497 e. The minimum Gasteiger partial charge on any atom is -0.497 e. The highest BCUT2D eigenvalue weighted by Crippen LogP contribution is 2.38. The van der Waals surface area contributed by atoms with Crippen LogP contribution in [-0.4, -0.2) is 16.5 Å². The number of nitrogens with zero attached hydrogens (tertiary/aromatic N) is 2. The summed E-state index contributed by atoms with van der Waals surface area (Å²) in [5.41, 5.74) is 6.42. The average molecular weight is 284 g/mol. The second-order valence-corrected chi connectivity index (χ2v) is 6.47. The van der Waals surface area contributed by atoms with Crippen LogP contribution in [0.25, 0.3) is 16.2 Å². The Morgan fingerprint density at radius 3 is 2.90 bits per heavy atom. The molecule has 3 aromatic rings. The standard InChI is InChI=1S/C16H16N2OS/c1-9-10(2)20-16-17-15-13-8-12(19-3)6-4-11(13)5-7-14(15)18(9)16/h4,6,8H,5,7H2,1-3H3. The van der Waals surface area contributed by atoms with Gasteiger partial charge >= 0.3 is 0 Å². The van der Waals surface area contributed by atoms with Gasteiger partial charge in [0, 0.05) is 16.1 Å². The molecule has 0 aliphatic heterocycles. The number of thiazole rings is 1. The number of hydrogen-bond donors (Lipinski definition) is 0. The zero-order chi connectivity index (χ0) is 13.9. The first kappa shape index (κ1) is 12.0. The normalized spacial score (nSPS) is 13.3. The molecule has 0 amide bonds. The van der Waals surface area contributed by atoms with E-state index >= 15 is 0 Å². The van der Waals surface area contributed by atoms with Crippen molar-refractivity contribution >= 4 is 16.3 Å². The number of imidazole rings is 1. The first-order valence-electron chi connectivity index (χ1n) is 6.83. The van der Waals surface area contributed by atoms with Crippen LogP contribution in [-0.2, 0) is 12.8 Å². The molecule has 1 aliphatic rings. The number of benzene rings is 1. The van der Waals surface area contributed by atoms with Crippen molar-refractivity contribution in [2.45, 2.75) is 26.7 Å². The molecule has 0 saturated carbocycles. The van der Waals surface area contributed by atoms with E-state index in [1.54, 1.807) is 18.4 Å². The van der Waals surface area contributed by atoms with Crippen LogP contribution < -0.4 is 4.74 Å². The summed E-state index contributed by atoms with van der Waals surface area (Å²) >= 11 is 1.78. The monoisotopic (exact) mass is 284 g/mol. The molecule has 4 heteroatoms. The van der Waals surface area contributed by atoms with Crippen molar-refractivity contribution in [3.05, 3.63) is 40.0 Å². The van der Waals surface area contributed by atoms with E-state index in [-0.39, 0.29) is 0 Å². The lowest BCUT2D eigenvalue weighted by atomic mass is 9.92. The second kappa shape index (κ2) is 4.09. The fourth-order valence-corrected chi connectivity index (χ4v) is 4.02. The number of hydrogen-bond acceptors (Lipinski definition) is 3. The van der Waals surface area contributed by atoms with Crippen LogP contribution >= 0.6 is 11.3 Å². The third-order valence-corrected chi connectivity index (χ3v) is 5.29. The molecule has 0 bridgehead atoms. The average Bonchev–Trinajstić information content (AvgIpc) is 2.96. The number of aryl methyl sites for hydroxylation is 4. The van der Waals surface area contributed by atoms with Crippen LogP contribution in [0.4, 0.5) is 0 Å². The van der Waals surface area contributed by atoms with Gasteiger partial charge in [-0.25, -0.2) is 4.98 Å². The Labute approximate surface area is 121 Å². The first-order valence-corrected chi connectivity index (χ1v) is 7.65. The van der Waals surface area contributed by atoms with E-state index in [9.17, 15) is 0 Å². The zero-order valence-corrected chi connectivity index (χ0v) is 12.7. The van der Waals surface area contributed by atoms with Crippen LogP contribution in [0.5, 0.6) is 5.75 Å². The van der Waals surface area contributed by atoms with Crippen molar-refractivity contribution in [3.63, 3.8) is 0 Å². The van der Waals surface area contributed by atoms with Crippen molar-refractivity contribution in [3.8, 4) is 17.0 Å². The van der Waals surface area contributed by atoms with E-state index in [0.717, 1.165) is 29.2 Å². The Kier molecular flexibility index (Phi) is 2.45. The van der Waals surface area contributed by atoms with Gasteiger partial charge < -0.3 is 4.74 Å². The lowest BCUT2D eigenvalue weighted by Crippen LogP contribution is -2.06. The molecule has 0 spiro atoms. The lowest BCUT2D eigenvalue weighted by molar-refractivity contribution is 0.415. The summed E-state index contributed by atoms with van der Waals surface area (Å²) in [6.07, 6.45) is 2.14. The molecule has 4 rings (SSSR count). The van der Waals surface area contributed by atoms with Gasteiger partial charge in [-0.1, -0.05) is 6.07 Å². The molecular formula is C16H16N2OS. The smallest absolute Gasteiger partial charge is 0.194 e. The van der Waals surface area contributed by atoms with E-state index in [0.29, 0.717) is 0 Å². The van der Waals surface area contributed by atoms with E-state index < -0.39 is 0 Å². The summed E-state index contributed by atoms with van der Waals surface area (Å²) in [4.78, 5) is 7.34. The first-order chi connectivity index (χ1) is 9.69. The van der Waals surface area contributed by atoms with Crippen LogP contribution in [0.3, 0.4) is 0 Å². The van der Waals surface area contributed by atoms with E-state index in [2.05, 4.69) is 30.4 Å². The van der Waals surface area contributed by atoms with Gasteiger partial charge in [0.05, 0.1) is 18.5 Å². The van der Waals surface area contributed by atoms with Gasteiger partial charge in [0.2, 0.25) is 0 Å². The quantitative estimate of drug-likeness (QED) is 0.679. The van der Waals surface area contributed by atoms with Crippen molar-refractivity contribution in [2.75, 3.05) is 7.11 Å². The van der Waals surface area contributed by atoms with Crippen molar-refractivity contribution in [2.24, 2.45) is 0 Å². The number of ether oxygens (including phenoxy) is 1. The van der Waals surface area contributed by atoms with Crippen LogP contribution in [0.15, 0.2) is 18.2 Å². The number of rotatable bonds is 1. The fraction of sp³-hybridized carbons (Fsp3) is 0.312. The van der Waals surface area contributed by atoms with E-state index in [4.69, 9.17) is 9.72 Å². The highest BCUT2D eigenvalue weighted by Gasteiger charge is 2.24. The molecule has 1 aliphatic carbocycles. The number of fused-ring (bicyclic) bond motifs is 5. The molecule has 20 heavy (non-hydrogen) atoms. The van der Waals surface area contributed by atoms with Crippen LogP contribution in [0.1, 0.15) is 21.8 Å². The Morgan fingerprint density at radius 2 is 2.10 bits per heavy atom. The second-order valence-electron chi connectivity index (χ2n) is 5.29. The zero-order valence-electron chi connectivity index (χ0n) is 11.9. The maximum Gasteiger partial charge on any atom is 0.194 e. The molecule has 2 aromatic heterocycles. The molecule has 0 unspecified atom stereocenters. The summed E-state index contributed by atoms with van der Waals surface area (Å²) in [6, 6.07) is 6.33. The maximum absolute atomic E-state index is 5.36. The Balaban J connectivity index is 2.02. The molecule has 0 atom stereocenters. The number of methoxy groups -OCH3 is 1. The van der Waals surface area contributed by atoms with Gasteiger partial charge in [-0.3, -0.25) is 4.40 Å². The van der Waals surface area contributed by atoms with E-state index in [1.165, 1.54) is 27.4 Å². The van der Waals surface area contributed by atoms with Gasteiger partial charge in [0.25, 0.3) is 0 Å². The van der Waals surface area contributed by atoms with Gasteiger partial charge in [-0.05, 0) is 44.4 Å². The third kappa shape index (κ3) is 1.48. The van der Waals surface area contributed by atoms with Crippen LogP contribution in [0, 0.1) is 13.8 Å². The topological polar surface area (TPSA) is 26.5 Å². The predicted molar refractivity (Wildman–Crippen MR) is 81.9 cm³/mol. The predicted octanol–water partition coefficient (Wildman–Crippen LogP) is 3.79. The van der Waals surface area contributed by atoms with Gasteiger partial charge in [0.15, 0.2) is 4.96 Å². The SMILES string of the molecule is COc1ccc2c(c1)-c1nc3sc(C)c(C)n3c1CC2. The highest BCUT2D eigenvalue weighted by molar-refractivity contribution is 7.17. The molecule has 0 N–H and O–H groups in total. The Hall–Kier alpha value is -1.81. The summed E-state index contributed by atoms with van der Waals surface area (Å²) in [7, 11) is 1.71. The lowest BCUT2D eigenvalue weighted by Gasteiger charge is -2.17. The molecule has 0 fully saturated rings. The molecule has 2 heterocycles. The molecule has 0 radical (unpaired) electrons. The fourth-order valence-electron chi connectivity index (χ4n) is 3.03. The van der Waals surface area contributed by atoms with Crippen molar-refractivity contribution in [1.29, 1.82) is 0 Å². The van der Waals surface area contributed by atoms with Crippen LogP contribution in [0.2, 0.25) is 0 Å². The summed E-state index contributed by atoms with van der Waals surface area (Å²) in [5, 5.41) is 0. The molecule has 102 valence electrons. The van der Waals surface area contributed by atoms with Gasteiger partial charge in [-0.2, -0.15) is 0 Å². The van der Waals surface area contributed by atoms with Crippen molar-refractivity contribution < 1.29 is 4.74 Å². The number of aromatic nitrogens is 2. The third-order valence-electron chi connectivity index (χ3n) is 4.23. The molecule has 3 nitrogen and oxygen atoms in total. The molecule has 0 saturated heterocycles. The summed E-state index contributed by atoms with van der Waals surface area (Å²) in [6.45, 7) is 4.35. The Morgan fingerprint density at radius 1 is 1.25 bits per heavy atom.